The number of aliphatic hydroxyl groups excluding tert-OH is 2. The molecule has 0 radical (unpaired) electrons. The van der Waals surface area contributed by atoms with Crippen LogP contribution in [0.25, 0.3) is 0 Å². The summed E-state index contributed by atoms with van der Waals surface area (Å²) in [5, 5.41) is 24.6. The summed E-state index contributed by atoms with van der Waals surface area (Å²) in [6.07, 6.45) is 21.1. The van der Waals surface area contributed by atoms with Crippen molar-refractivity contribution in [2.24, 2.45) is 22.9 Å². The van der Waals surface area contributed by atoms with Crippen molar-refractivity contribution in [3.8, 4) is 11.5 Å². The summed E-state index contributed by atoms with van der Waals surface area (Å²) in [5.74, 6) is -0.553. The number of oxime groups is 1. The summed E-state index contributed by atoms with van der Waals surface area (Å²) in [6.45, 7) is 11.8. The number of rotatable bonds is 29. The van der Waals surface area contributed by atoms with E-state index in [4.69, 9.17) is 24.2 Å². The molecule has 0 aromatic heterocycles. The Bertz CT molecular complexity index is 1720. The molecule has 0 bridgehead atoms. The quantitative estimate of drug-likeness (QED) is 0.0477. The van der Waals surface area contributed by atoms with Gasteiger partial charge in [0.2, 0.25) is 11.7 Å². The van der Waals surface area contributed by atoms with Crippen molar-refractivity contribution in [3.63, 3.8) is 0 Å². The molecule has 1 heterocycles. The maximum atomic E-state index is 14.7. The van der Waals surface area contributed by atoms with Gasteiger partial charge >= 0.3 is 0 Å². The standard InChI is InChI=1S/C51H75FN2O7/c1-5-9-10-11-12-13-14-15-16-27-48(57)54(30-6-2)47-36-45(53-60-8-4)42-34-38(23-19-21-31-55)41(25-20-22-32-56)49-43-35-40(58-37-39-24-17-18-26-44(39)52)28-29-46(43)61-51(47,50(42)49)59-33-7-3/h7,17-18,24,26,28-29,34-35,38,41,47,49-50,55-56H,3,5-6,8-16,19-23,25,27,30-33,36-37H2,1-2,4H3/t38-,41+,47-,49+,50+,51+/m0/s1. The number of hydrogen-bond acceptors (Lipinski definition) is 8. The van der Waals surface area contributed by atoms with Crippen LogP contribution in [0, 0.1) is 23.6 Å². The third-order valence-corrected chi connectivity index (χ3v) is 13.0. The fourth-order valence-electron chi connectivity index (χ4n) is 10.1. The van der Waals surface area contributed by atoms with Gasteiger partial charge in [-0.2, -0.15) is 0 Å². The van der Waals surface area contributed by atoms with Crippen LogP contribution in [0.15, 0.2) is 71.9 Å². The largest absolute Gasteiger partial charge is 0.489 e. The number of fused-ring (bicyclic) bond motifs is 2. The molecule has 0 unspecified atom stereocenters. The zero-order valence-electron chi connectivity index (χ0n) is 37.5. The van der Waals surface area contributed by atoms with E-state index >= 15 is 0 Å². The maximum absolute atomic E-state index is 14.7. The number of ether oxygens (including phenoxy) is 3. The van der Waals surface area contributed by atoms with Gasteiger partial charge in [0.15, 0.2) is 0 Å². The number of nitrogens with zero attached hydrogens (tertiary/aromatic N) is 2. The molecule has 61 heavy (non-hydrogen) atoms. The Labute approximate surface area is 365 Å². The van der Waals surface area contributed by atoms with Gasteiger partial charge in [0.25, 0.3) is 0 Å². The smallest absolute Gasteiger partial charge is 0.239 e. The Kier molecular flexibility index (Phi) is 20.1. The van der Waals surface area contributed by atoms with Crippen LogP contribution >= 0.6 is 0 Å². The first-order chi connectivity index (χ1) is 29.9. The molecular weight excluding hydrogens is 772 g/mol. The number of unbranched alkanes of at least 4 members (excludes halogenated alkanes) is 10. The molecule has 0 saturated heterocycles. The fourth-order valence-corrected chi connectivity index (χ4v) is 10.1. The highest BCUT2D eigenvalue weighted by atomic mass is 19.1. The first kappa shape index (κ1) is 48.3. The number of benzene rings is 2. The monoisotopic (exact) mass is 847 g/mol. The molecule has 6 atom stereocenters. The zero-order valence-corrected chi connectivity index (χ0v) is 37.5. The number of aliphatic hydroxyl groups is 2. The number of carbonyl (C=O) groups excluding carboxylic acids is 1. The summed E-state index contributed by atoms with van der Waals surface area (Å²) in [4.78, 5) is 22.6. The molecule has 1 aliphatic heterocycles. The fraction of sp³-hybridized carbons (Fsp3) is 0.647. The lowest BCUT2D eigenvalue weighted by molar-refractivity contribution is -0.257. The molecule has 2 aromatic carbocycles. The predicted molar refractivity (Wildman–Crippen MR) is 241 cm³/mol. The highest BCUT2D eigenvalue weighted by molar-refractivity contribution is 6.03. The summed E-state index contributed by atoms with van der Waals surface area (Å²) in [7, 11) is 0. The SMILES string of the molecule is C=CCO[C@@]12Oc3ccc(OCc4ccccc4F)cc3[C@H]3[C@H](CCCCO)[C@@H](CCCCO)C=C(C(=NOCC)C[C@@H]1N(CCC)C(=O)CCCCCCCCCCC)[C@H]32. The van der Waals surface area contributed by atoms with E-state index in [1.54, 1.807) is 24.3 Å². The average molecular weight is 847 g/mol. The summed E-state index contributed by atoms with van der Waals surface area (Å²) >= 11 is 0. The van der Waals surface area contributed by atoms with Crippen molar-refractivity contribution in [1.29, 1.82) is 0 Å². The van der Waals surface area contributed by atoms with Crippen molar-refractivity contribution in [2.75, 3.05) is 33.0 Å². The van der Waals surface area contributed by atoms with E-state index in [1.807, 2.05) is 30.0 Å². The number of hydrogen-bond donors (Lipinski definition) is 2. The average Bonchev–Trinajstić information content (AvgIpc) is 3.27. The van der Waals surface area contributed by atoms with Crippen LogP contribution in [0.4, 0.5) is 4.39 Å². The second kappa shape index (κ2) is 25.4. The minimum atomic E-state index is -1.28. The highest BCUT2D eigenvalue weighted by Crippen LogP contribution is 2.62. The summed E-state index contributed by atoms with van der Waals surface area (Å²) in [5.41, 5.74) is 3.26. The van der Waals surface area contributed by atoms with Gasteiger partial charge in [0, 0.05) is 49.6 Å². The Morgan fingerprint density at radius 1 is 0.934 bits per heavy atom. The molecule has 1 amide bonds. The van der Waals surface area contributed by atoms with Gasteiger partial charge < -0.3 is 34.2 Å². The molecular formula is C51H75FN2O7. The lowest BCUT2D eigenvalue weighted by atomic mass is 9.55. The number of amides is 1. The normalized spacial score (nSPS) is 23.4. The van der Waals surface area contributed by atoms with E-state index in [2.05, 4.69) is 26.5 Å². The highest BCUT2D eigenvalue weighted by Gasteiger charge is 2.65. The van der Waals surface area contributed by atoms with Crippen molar-refractivity contribution >= 4 is 11.6 Å². The number of allylic oxidation sites excluding steroid dienone is 1. The second-order valence-electron chi connectivity index (χ2n) is 17.2. The van der Waals surface area contributed by atoms with Gasteiger partial charge in [-0.15, -0.1) is 6.58 Å². The molecule has 0 spiro atoms. The summed E-state index contributed by atoms with van der Waals surface area (Å²) < 4.78 is 35.5. The van der Waals surface area contributed by atoms with E-state index in [0.29, 0.717) is 55.9 Å². The van der Waals surface area contributed by atoms with Gasteiger partial charge in [0.1, 0.15) is 36.6 Å². The zero-order chi connectivity index (χ0) is 43.5. The first-order valence-electron chi connectivity index (χ1n) is 23.7. The maximum Gasteiger partial charge on any atom is 0.239 e. The van der Waals surface area contributed by atoms with Crippen molar-refractivity contribution in [1.82, 2.24) is 4.90 Å². The van der Waals surface area contributed by atoms with E-state index < -0.39 is 11.8 Å². The first-order valence-corrected chi connectivity index (χ1v) is 23.7. The third kappa shape index (κ3) is 12.5. The lowest BCUT2D eigenvalue weighted by Crippen LogP contribution is -2.70. The minimum Gasteiger partial charge on any atom is -0.489 e. The minimum absolute atomic E-state index is 0.0714. The summed E-state index contributed by atoms with van der Waals surface area (Å²) in [6, 6.07) is 12.0. The molecule has 1 fully saturated rings. The molecule has 3 aliphatic rings. The van der Waals surface area contributed by atoms with Gasteiger partial charge in [0.05, 0.1) is 18.2 Å². The van der Waals surface area contributed by atoms with Crippen LogP contribution in [0.3, 0.4) is 0 Å². The number of halogens is 1. The second-order valence-corrected chi connectivity index (χ2v) is 17.2. The van der Waals surface area contributed by atoms with Crippen molar-refractivity contribution < 1.29 is 38.4 Å². The van der Waals surface area contributed by atoms with E-state index in [9.17, 15) is 19.4 Å². The van der Waals surface area contributed by atoms with Gasteiger partial charge in [-0.05, 0) is 87.1 Å². The van der Waals surface area contributed by atoms with Gasteiger partial charge in [-0.1, -0.05) is 114 Å². The molecule has 338 valence electrons. The van der Waals surface area contributed by atoms with Crippen molar-refractivity contribution in [3.05, 3.63) is 83.7 Å². The van der Waals surface area contributed by atoms with Crippen LogP contribution < -0.4 is 9.47 Å². The molecule has 5 rings (SSSR count). The van der Waals surface area contributed by atoms with Crippen LogP contribution in [0.2, 0.25) is 0 Å². The van der Waals surface area contributed by atoms with Crippen LogP contribution in [-0.2, 0) is 21.0 Å². The Morgan fingerprint density at radius 2 is 1.66 bits per heavy atom. The van der Waals surface area contributed by atoms with E-state index in [1.165, 1.54) is 44.6 Å². The predicted octanol–water partition coefficient (Wildman–Crippen LogP) is 11.2. The molecule has 10 heteroatoms. The topological polar surface area (TPSA) is 110 Å². The van der Waals surface area contributed by atoms with E-state index in [-0.39, 0.29) is 61.8 Å². The van der Waals surface area contributed by atoms with Crippen LogP contribution in [-0.4, -0.2) is 71.5 Å². The molecule has 9 nitrogen and oxygen atoms in total. The van der Waals surface area contributed by atoms with E-state index in [0.717, 1.165) is 68.2 Å². The lowest BCUT2D eigenvalue weighted by Gasteiger charge is -2.60. The Hall–Kier alpha value is -3.73. The van der Waals surface area contributed by atoms with Crippen LogP contribution in [0.1, 0.15) is 153 Å². The van der Waals surface area contributed by atoms with Crippen molar-refractivity contribution in [2.45, 2.75) is 161 Å². The molecule has 2 N–H and O–H groups in total. The Balaban J connectivity index is 1.61. The Morgan fingerprint density at radius 3 is 2.34 bits per heavy atom. The van der Waals surface area contributed by atoms with Gasteiger partial charge in [-0.25, -0.2) is 4.39 Å². The molecule has 1 saturated carbocycles. The van der Waals surface area contributed by atoms with Gasteiger partial charge in [-0.3, -0.25) is 4.79 Å². The third-order valence-electron chi connectivity index (χ3n) is 13.0. The van der Waals surface area contributed by atoms with Crippen LogP contribution in [0.5, 0.6) is 11.5 Å². The molecule has 2 aromatic rings. The molecule has 2 aliphatic carbocycles. The number of carbonyl (C=O) groups is 1.